The molecule has 1 unspecified atom stereocenters. The molecule has 0 aliphatic carbocycles. The number of carbonyl (C=O) groups is 1. The summed E-state index contributed by atoms with van der Waals surface area (Å²) in [6.07, 6.45) is 0. The highest BCUT2D eigenvalue weighted by Crippen LogP contribution is 2.32. The molecule has 0 aliphatic heterocycles. The van der Waals surface area contributed by atoms with Gasteiger partial charge in [-0.05, 0) is 5.92 Å². The molecule has 0 bridgehead atoms. The predicted molar refractivity (Wildman–Crippen MR) is 40.0 cm³/mol. The van der Waals surface area contributed by atoms with Crippen molar-refractivity contribution >= 4 is 5.97 Å². The molecule has 0 fully saturated rings. The van der Waals surface area contributed by atoms with Gasteiger partial charge in [-0.15, -0.1) is 0 Å². The molecule has 12 heavy (non-hydrogen) atoms. The van der Waals surface area contributed by atoms with Gasteiger partial charge in [-0.2, -0.15) is 0 Å². The van der Waals surface area contributed by atoms with Crippen molar-refractivity contribution in [2.45, 2.75) is 32.2 Å². The van der Waals surface area contributed by atoms with Crippen LogP contribution < -0.4 is 5.73 Å². The van der Waals surface area contributed by atoms with Gasteiger partial charge in [0.05, 0.1) is 0 Å². The number of carboxylic acid groups (broad SMARTS) is 1. The van der Waals surface area contributed by atoms with Crippen LogP contribution in [0.1, 0.15) is 20.8 Å². The Hall–Kier alpha value is -0.710. The van der Waals surface area contributed by atoms with Crippen molar-refractivity contribution in [1.82, 2.24) is 0 Å². The summed E-state index contributed by atoms with van der Waals surface area (Å²) in [5.74, 6) is -5.92. The number of hydrogen-bond donors (Lipinski definition) is 2. The number of nitrogens with two attached hydrogens (primary N) is 1. The second-order valence-electron chi connectivity index (χ2n) is 3.22. The molecule has 0 rings (SSSR count). The van der Waals surface area contributed by atoms with E-state index in [1.54, 1.807) is 0 Å². The summed E-state index contributed by atoms with van der Waals surface area (Å²) in [5, 5.41) is 8.53. The topological polar surface area (TPSA) is 63.3 Å². The van der Waals surface area contributed by atoms with Crippen LogP contribution in [-0.2, 0) is 4.79 Å². The summed E-state index contributed by atoms with van der Waals surface area (Å²) in [7, 11) is 0. The molecule has 0 amide bonds. The average Bonchev–Trinajstić information content (AvgIpc) is 1.82. The summed E-state index contributed by atoms with van der Waals surface area (Å²) in [6, 6.07) is 0. The van der Waals surface area contributed by atoms with E-state index >= 15 is 0 Å². The molecule has 0 aromatic rings. The summed E-state index contributed by atoms with van der Waals surface area (Å²) in [5.41, 5.74) is 2.63. The second kappa shape index (κ2) is 2.97. The van der Waals surface area contributed by atoms with E-state index in [0.717, 1.165) is 0 Å². The van der Waals surface area contributed by atoms with Crippen molar-refractivity contribution in [3.8, 4) is 0 Å². The average molecular weight is 181 g/mol. The van der Waals surface area contributed by atoms with Gasteiger partial charge in [-0.25, -0.2) is 13.6 Å². The zero-order valence-corrected chi connectivity index (χ0v) is 7.27. The van der Waals surface area contributed by atoms with Crippen molar-refractivity contribution in [2.24, 2.45) is 11.7 Å². The standard InChI is InChI=1S/C7H13F2NO2/c1-4(2)7(10,5(11)12)6(3,8)9/h4H,10H2,1-3H3,(H,11,12). The fourth-order valence-electron chi connectivity index (χ4n) is 0.942. The van der Waals surface area contributed by atoms with Gasteiger partial charge in [0.1, 0.15) is 0 Å². The Morgan fingerprint density at radius 3 is 1.83 bits per heavy atom. The van der Waals surface area contributed by atoms with Gasteiger partial charge in [0.25, 0.3) is 5.92 Å². The third-order valence-electron chi connectivity index (χ3n) is 1.99. The Labute approximate surface area is 69.6 Å². The highest BCUT2D eigenvalue weighted by Gasteiger charge is 2.55. The zero-order chi connectivity index (χ0) is 10.2. The summed E-state index contributed by atoms with van der Waals surface area (Å²) < 4.78 is 25.5. The lowest BCUT2D eigenvalue weighted by atomic mass is 9.82. The number of aliphatic carboxylic acids is 1. The largest absolute Gasteiger partial charge is 0.480 e. The molecule has 0 radical (unpaired) electrons. The van der Waals surface area contributed by atoms with Gasteiger partial charge in [0.15, 0.2) is 5.54 Å². The van der Waals surface area contributed by atoms with E-state index in [0.29, 0.717) is 6.92 Å². The summed E-state index contributed by atoms with van der Waals surface area (Å²) >= 11 is 0. The minimum absolute atomic E-state index is 0.515. The lowest BCUT2D eigenvalue weighted by Crippen LogP contribution is -2.63. The van der Waals surface area contributed by atoms with Crippen molar-refractivity contribution < 1.29 is 18.7 Å². The Morgan fingerprint density at radius 2 is 1.83 bits per heavy atom. The minimum atomic E-state index is -3.42. The lowest BCUT2D eigenvalue weighted by molar-refractivity contribution is -0.163. The van der Waals surface area contributed by atoms with Gasteiger partial charge in [-0.1, -0.05) is 13.8 Å². The van der Waals surface area contributed by atoms with Crippen LogP contribution >= 0.6 is 0 Å². The minimum Gasteiger partial charge on any atom is -0.480 e. The molecule has 5 heteroatoms. The molecule has 0 aromatic carbocycles. The van der Waals surface area contributed by atoms with Crippen LogP contribution in [0.25, 0.3) is 0 Å². The molecule has 3 N–H and O–H groups in total. The molecule has 72 valence electrons. The van der Waals surface area contributed by atoms with Crippen molar-refractivity contribution in [3.05, 3.63) is 0 Å². The van der Waals surface area contributed by atoms with Crippen LogP contribution in [0.3, 0.4) is 0 Å². The molecular formula is C7H13F2NO2. The van der Waals surface area contributed by atoms with Crippen LogP contribution in [0.5, 0.6) is 0 Å². The molecule has 3 nitrogen and oxygen atoms in total. The summed E-state index contributed by atoms with van der Waals surface area (Å²) in [4.78, 5) is 10.5. The Kier molecular flexibility index (Phi) is 2.79. The molecular weight excluding hydrogens is 168 g/mol. The molecule has 0 heterocycles. The summed E-state index contributed by atoms with van der Waals surface area (Å²) in [6.45, 7) is 3.22. The Bertz CT molecular complexity index is 188. The van der Waals surface area contributed by atoms with Gasteiger partial charge in [0.2, 0.25) is 0 Å². The molecule has 0 aromatic heterocycles. The number of alkyl halides is 2. The smallest absolute Gasteiger partial charge is 0.330 e. The van der Waals surface area contributed by atoms with E-state index in [1.807, 2.05) is 0 Å². The molecule has 0 aliphatic rings. The van der Waals surface area contributed by atoms with Crippen LogP contribution in [0, 0.1) is 5.92 Å². The predicted octanol–water partition coefficient (Wildman–Crippen LogP) is 1.08. The number of carboxylic acids is 1. The van der Waals surface area contributed by atoms with Gasteiger partial charge in [0, 0.05) is 6.92 Å². The first-order valence-electron chi connectivity index (χ1n) is 3.54. The second-order valence-corrected chi connectivity index (χ2v) is 3.22. The maximum absolute atomic E-state index is 12.8. The van der Waals surface area contributed by atoms with E-state index in [-0.39, 0.29) is 0 Å². The van der Waals surface area contributed by atoms with Gasteiger partial charge < -0.3 is 10.8 Å². The molecule has 0 saturated carbocycles. The van der Waals surface area contributed by atoms with Crippen LogP contribution in [-0.4, -0.2) is 22.5 Å². The molecule has 0 saturated heterocycles. The maximum Gasteiger partial charge on any atom is 0.330 e. The van der Waals surface area contributed by atoms with E-state index in [1.165, 1.54) is 13.8 Å². The SMILES string of the molecule is CC(C)C(N)(C(=O)O)C(C)(F)F. The van der Waals surface area contributed by atoms with Crippen LogP contribution in [0.15, 0.2) is 0 Å². The monoisotopic (exact) mass is 181 g/mol. The third kappa shape index (κ3) is 1.55. The fourth-order valence-corrected chi connectivity index (χ4v) is 0.942. The van der Waals surface area contributed by atoms with Gasteiger partial charge in [-0.3, -0.25) is 0 Å². The highest BCUT2D eigenvalue weighted by atomic mass is 19.3. The van der Waals surface area contributed by atoms with Crippen LogP contribution in [0.4, 0.5) is 8.78 Å². The van der Waals surface area contributed by atoms with Crippen molar-refractivity contribution in [1.29, 1.82) is 0 Å². The fraction of sp³-hybridized carbons (Fsp3) is 0.857. The normalized spacial score (nSPS) is 17.6. The number of rotatable bonds is 3. The number of halogens is 2. The highest BCUT2D eigenvalue weighted by molar-refractivity contribution is 5.80. The quantitative estimate of drug-likeness (QED) is 0.684. The van der Waals surface area contributed by atoms with E-state index in [9.17, 15) is 13.6 Å². The van der Waals surface area contributed by atoms with Gasteiger partial charge >= 0.3 is 5.97 Å². The van der Waals surface area contributed by atoms with E-state index in [4.69, 9.17) is 10.8 Å². The first-order valence-corrected chi connectivity index (χ1v) is 3.54. The van der Waals surface area contributed by atoms with E-state index in [2.05, 4.69) is 0 Å². The lowest BCUT2D eigenvalue weighted by Gasteiger charge is -2.34. The Balaban J connectivity index is 5.02. The first-order chi connectivity index (χ1) is 5.14. The van der Waals surface area contributed by atoms with Crippen molar-refractivity contribution in [2.75, 3.05) is 0 Å². The molecule has 0 spiro atoms. The van der Waals surface area contributed by atoms with Crippen molar-refractivity contribution in [3.63, 3.8) is 0 Å². The van der Waals surface area contributed by atoms with Crippen LogP contribution in [0.2, 0.25) is 0 Å². The zero-order valence-electron chi connectivity index (χ0n) is 7.27. The maximum atomic E-state index is 12.8. The van der Waals surface area contributed by atoms with E-state index < -0.39 is 23.3 Å². The third-order valence-corrected chi connectivity index (χ3v) is 1.99. The Morgan fingerprint density at radius 1 is 1.50 bits per heavy atom. The number of hydrogen-bond acceptors (Lipinski definition) is 2. The first kappa shape index (κ1) is 11.3. The molecule has 1 atom stereocenters.